The SMILES string of the molecule is CCCOc1ccc(OCCN2CCN(CC)CC2)cc1. The van der Waals surface area contributed by atoms with Crippen LogP contribution in [0.2, 0.25) is 0 Å². The minimum absolute atomic E-state index is 0.751. The Morgan fingerprint density at radius 3 is 1.86 bits per heavy atom. The first kappa shape index (κ1) is 16.1. The van der Waals surface area contributed by atoms with Crippen molar-refractivity contribution in [3.63, 3.8) is 0 Å². The molecule has 118 valence electrons. The third kappa shape index (κ3) is 5.56. The van der Waals surface area contributed by atoms with Crippen molar-refractivity contribution in [2.24, 2.45) is 0 Å². The second-order valence-corrected chi connectivity index (χ2v) is 5.44. The lowest BCUT2D eigenvalue weighted by atomic mass is 10.3. The van der Waals surface area contributed by atoms with Crippen LogP contribution in [0.25, 0.3) is 0 Å². The number of benzene rings is 1. The molecule has 1 aliphatic heterocycles. The summed E-state index contributed by atoms with van der Waals surface area (Å²) < 4.78 is 11.4. The van der Waals surface area contributed by atoms with E-state index in [0.29, 0.717) is 0 Å². The van der Waals surface area contributed by atoms with Crippen LogP contribution in [0.3, 0.4) is 0 Å². The van der Waals surface area contributed by atoms with Gasteiger partial charge in [0, 0.05) is 32.7 Å². The monoisotopic (exact) mass is 292 g/mol. The maximum Gasteiger partial charge on any atom is 0.119 e. The number of likely N-dealkylation sites (N-methyl/N-ethyl adjacent to an activating group) is 1. The van der Waals surface area contributed by atoms with Gasteiger partial charge in [0.15, 0.2) is 0 Å². The summed E-state index contributed by atoms with van der Waals surface area (Å²) in [6.07, 6.45) is 1.03. The van der Waals surface area contributed by atoms with E-state index < -0.39 is 0 Å². The van der Waals surface area contributed by atoms with Crippen LogP contribution in [0.4, 0.5) is 0 Å². The first-order valence-corrected chi connectivity index (χ1v) is 8.12. The summed E-state index contributed by atoms with van der Waals surface area (Å²) in [5, 5.41) is 0. The van der Waals surface area contributed by atoms with Crippen LogP contribution in [-0.2, 0) is 0 Å². The second-order valence-electron chi connectivity index (χ2n) is 5.44. The summed E-state index contributed by atoms with van der Waals surface area (Å²) in [7, 11) is 0. The molecule has 0 aromatic heterocycles. The fourth-order valence-corrected chi connectivity index (χ4v) is 2.47. The van der Waals surface area contributed by atoms with E-state index in [1.165, 1.54) is 13.1 Å². The summed E-state index contributed by atoms with van der Waals surface area (Å²) in [4.78, 5) is 4.97. The molecule has 4 heteroatoms. The van der Waals surface area contributed by atoms with Crippen LogP contribution < -0.4 is 9.47 Å². The molecule has 0 spiro atoms. The minimum Gasteiger partial charge on any atom is -0.494 e. The molecule has 1 aromatic carbocycles. The lowest BCUT2D eigenvalue weighted by Gasteiger charge is -2.33. The quantitative estimate of drug-likeness (QED) is 0.735. The Bertz CT molecular complexity index is 386. The van der Waals surface area contributed by atoms with Gasteiger partial charge in [0.1, 0.15) is 18.1 Å². The molecular formula is C17H28N2O2. The Labute approximate surface area is 128 Å². The average molecular weight is 292 g/mol. The summed E-state index contributed by atoms with van der Waals surface area (Å²) >= 11 is 0. The van der Waals surface area contributed by atoms with E-state index in [-0.39, 0.29) is 0 Å². The van der Waals surface area contributed by atoms with Crippen molar-refractivity contribution in [1.29, 1.82) is 0 Å². The number of piperazine rings is 1. The molecule has 0 saturated carbocycles. The molecule has 1 fully saturated rings. The Kier molecular flexibility index (Phi) is 6.83. The van der Waals surface area contributed by atoms with Gasteiger partial charge in [-0.25, -0.2) is 0 Å². The maximum atomic E-state index is 5.81. The van der Waals surface area contributed by atoms with Gasteiger partial charge < -0.3 is 14.4 Å². The van der Waals surface area contributed by atoms with E-state index in [1.54, 1.807) is 0 Å². The van der Waals surface area contributed by atoms with Gasteiger partial charge in [-0.1, -0.05) is 13.8 Å². The molecule has 0 N–H and O–H groups in total. The van der Waals surface area contributed by atoms with Gasteiger partial charge in [0.2, 0.25) is 0 Å². The van der Waals surface area contributed by atoms with Gasteiger partial charge in [-0.15, -0.1) is 0 Å². The Morgan fingerprint density at radius 2 is 1.33 bits per heavy atom. The average Bonchev–Trinajstić information content (AvgIpc) is 2.55. The van der Waals surface area contributed by atoms with Gasteiger partial charge >= 0.3 is 0 Å². The standard InChI is InChI=1S/C17H28N2O2/c1-3-14-20-16-5-7-17(8-6-16)21-15-13-19-11-9-18(4-2)10-12-19/h5-8H,3-4,9-15H2,1-2H3. The van der Waals surface area contributed by atoms with Crippen LogP contribution in [-0.4, -0.2) is 62.3 Å². The highest BCUT2D eigenvalue weighted by Crippen LogP contribution is 2.17. The van der Waals surface area contributed by atoms with Crippen molar-refractivity contribution in [2.75, 3.05) is 52.5 Å². The van der Waals surface area contributed by atoms with Crippen molar-refractivity contribution < 1.29 is 9.47 Å². The number of ether oxygens (including phenoxy) is 2. The van der Waals surface area contributed by atoms with Crippen molar-refractivity contribution in [2.45, 2.75) is 20.3 Å². The van der Waals surface area contributed by atoms with Gasteiger partial charge in [-0.05, 0) is 37.2 Å². The minimum atomic E-state index is 0.751. The molecular weight excluding hydrogens is 264 g/mol. The highest BCUT2D eigenvalue weighted by atomic mass is 16.5. The summed E-state index contributed by atoms with van der Waals surface area (Å²) in [6.45, 7) is 12.7. The molecule has 21 heavy (non-hydrogen) atoms. The van der Waals surface area contributed by atoms with E-state index >= 15 is 0 Å². The van der Waals surface area contributed by atoms with Crippen LogP contribution in [0.15, 0.2) is 24.3 Å². The summed E-state index contributed by atoms with van der Waals surface area (Å²) in [5.74, 6) is 1.84. The van der Waals surface area contributed by atoms with E-state index in [4.69, 9.17) is 9.47 Å². The summed E-state index contributed by atoms with van der Waals surface area (Å²) in [5.41, 5.74) is 0. The Balaban J connectivity index is 1.64. The van der Waals surface area contributed by atoms with Crippen LogP contribution in [0.1, 0.15) is 20.3 Å². The molecule has 0 unspecified atom stereocenters. The lowest BCUT2D eigenvalue weighted by Crippen LogP contribution is -2.47. The predicted molar refractivity (Wildman–Crippen MR) is 86.3 cm³/mol. The topological polar surface area (TPSA) is 24.9 Å². The molecule has 0 amide bonds. The van der Waals surface area contributed by atoms with Crippen LogP contribution >= 0.6 is 0 Å². The third-order valence-corrected chi connectivity index (χ3v) is 3.88. The van der Waals surface area contributed by atoms with E-state index in [9.17, 15) is 0 Å². The molecule has 1 aliphatic rings. The van der Waals surface area contributed by atoms with E-state index in [0.717, 1.165) is 57.3 Å². The Morgan fingerprint density at radius 1 is 0.810 bits per heavy atom. The molecule has 1 saturated heterocycles. The Hall–Kier alpha value is -1.26. The highest BCUT2D eigenvalue weighted by molar-refractivity contribution is 5.31. The van der Waals surface area contributed by atoms with Gasteiger partial charge in [0.05, 0.1) is 6.61 Å². The molecule has 0 aliphatic carbocycles. The second kappa shape index (κ2) is 8.90. The largest absolute Gasteiger partial charge is 0.494 e. The number of hydrogen-bond donors (Lipinski definition) is 0. The molecule has 1 aromatic rings. The number of rotatable bonds is 8. The van der Waals surface area contributed by atoms with Crippen molar-refractivity contribution in [3.05, 3.63) is 24.3 Å². The number of nitrogens with zero attached hydrogens (tertiary/aromatic N) is 2. The maximum absolute atomic E-state index is 5.81. The fraction of sp³-hybridized carbons (Fsp3) is 0.647. The van der Waals surface area contributed by atoms with Gasteiger partial charge in [0.25, 0.3) is 0 Å². The molecule has 0 atom stereocenters. The predicted octanol–water partition coefficient (Wildman–Crippen LogP) is 2.49. The lowest BCUT2D eigenvalue weighted by molar-refractivity contribution is 0.121. The molecule has 0 bridgehead atoms. The van der Waals surface area contributed by atoms with Crippen molar-refractivity contribution in [1.82, 2.24) is 9.80 Å². The van der Waals surface area contributed by atoms with Crippen LogP contribution in [0.5, 0.6) is 11.5 Å². The zero-order valence-electron chi connectivity index (χ0n) is 13.4. The van der Waals surface area contributed by atoms with Gasteiger partial charge in [-0.3, -0.25) is 4.90 Å². The smallest absolute Gasteiger partial charge is 0.119 e. The zero-order chi connectivity index (χ0) is 14.9. The molecule has 1 heterocycles. The fourth-order valence-electron chi connectivity index (χ4n) is 2.47. The third-order valence-electron chi connectivity index (χ3n) is 3.88. The van der Waals surface area contributed by atoms with Crippen molar-refractivity contribution >= 4 is 0 Å². The molecule has 4 nitrogen and oxygen atoms in total. The summed E-state index contributed by atoms with van der Waals surface area (Å²) in [6, 6.07) is 7.93. The van der Waals surface area contributed by atoms with Crippen LogP contribution in [0, 0.1) is 0 Å². The zero-order valence-corrected chi connectivity index (χ0v) is 13.4. The van der Waals surface area contributed by atoms with E-state index in [1.807, 2.05) is 24.3 Å². The number of hydrogen-bond acceptors (Lipinski definition) is 4. The van der Waals surface area contributed by atoms with E-state index in [2.05, 4.69) is 23.6 Å². The molecule has 0 radical (unpaired) electrons. The normalized spacial score (nSPS) is 16.9. The van der Waals surface area contributed by atoms with Gasteiger partial charge in [-0.2, -0.15) is 0 Å². The first-order chi connectivity index (χ1) is 10.3. The first-order valence-electron chi connectivity index (χ1n) is 8.12. The highest BCUT2D eigenvalue weighted by Gasteiger charge is 2.14. The van der Waals surface area contributed by atoms with Crippen molar-refractivity contribution in [3.8, 4) is 11.5 Å². The molecule has 2 rings (SSSR count).